The summed E-state index contributed by atoms with van der Waals surface area (Å²) in [6.07, 6.45) is 1.19. The van der Waals surface area contributed by atoms with Crippen LogP contribution in [0.2, 0.25) is 0 Å². The molecule has 178 valence electrons. The van der Waals surface area contributed by atoms with E-state index in [1.54, 1.807) is 7.11 Å². The van der Waals surface area contributed by atoms with E-state index in [0.717, 1.165) is 34.7 Å². The molecule has 1 heterocycles. The SMILES string of the molecule is COC(=O)C1=C(C)NC2=C(C(=O)CC(C)(C)C2)[C@H]1c1ccc(OCc2ccc(OC)cc2)cc1. The molecule has 0 radical (unpaired) electrons. The predicted molar refractivity (Wildman–Crippen MR) is 129 cm³/mol. The lowest BCUT2D eigenvalue weighted by Crippen LogP contribution is -2.38. The van der Waals surface area contributed by atoms with Crippen LogP contribution >= 0.6 is 0 Å². The Morgan fingerprint density at radius 3 is 2.26 bits per heavy atom. The van der Waals surface area contributed by atoms with E-state index in [9.17, 15) is 9.59 Å². The zero-order chi connectivity index (χ0) is 24.5. The van der Waals surface area contributed by atoms with Crippen LogP contribution in [0, 0.1) is 5.41 Å². The zero-order valence-electron chi connectivity index (χ0n) is 20.4. The maximum Gasteiger partial charge on any atom is 0.336 e. The fourth-order valence-electron chi connectivity index (χ4n) is 4.79. The smallest absolute Gasteiger partial charge is 0.336 e. The van der Waals surface area contributed by atoms with Crippen molar-refractivity contribution in [3.8, 4) is 11.5 Å². The second kappa shape index (κ2) is 9.37. The lowest BCUT2D eigenvalue weighted by molar-refractivity contribution is -0.136. The Hall–Kier alpha value is -3.54. The number of methoxy groups -OCH3 is 2. The second-order valence-corrected chi connectivity index (χ2v) is 9.63. The summed E-state index contributed by atoms with van der Waals surface area (Å²) in [7, 11) is 3.00. The highest BCUT2D eigenvalue weighted by molar-refractivity contribution is 6.04. The number of Topliss-reactive ketones (excluding diaryl/α,β-unsaturated/α-hetero) is 1. The second-order valence-electron chi connectivity index (χ2n) is 9.63. The van der Waals surface area contributed by atoms with E-state index >= 15 is 0 Å². The summed E-state index contributed by atoms with van der Waals surface area (Å²) in [6, 6.07) is 15.3. The number of hydrogen-bond donors (Lipinski definition) is 1. The number of esters is 1. The van der Waals surface area contributed by atoms with Crippen molar-refractivity contribution >= 4 is 11.8 Å². The van der Waals surface area contributed by atoms with Gasteiger partial charge in [-0.25, -0.2) is 4.79 Å². The van der Waals surface area contributed by atoms with Crippen LogP contribution in [0.25, 0.3) is 0 Å². The molecule has 1 N–H and O–H groups in total. The van der Waals surface area contributed by atoms with Gasteiger partial charge in [0.05, 0.1) is 19.8 Å². The Morgan fingerprint density at radius 1 is 1.00 bits per heavy atom. The van der Waals surface area contributed by atoms with Crippen molar-refractivity contribution in [2.24, 2.45) is 5.41 Å². The molecule has 1 aliphatic carbocycles. The van der Waals surface area contributed by atoms with Crippen molar-refractivity contribution in [1.29, 1.82) is 0 Å². The van der Waals surface area contributed by atoms with E-state index in [0.29, 0.717) is 29.9 Å². The number of benzene rings is 2. The van der Waals surface area contributed by atoms with Gasteiger partial charge in [-0.3, -0.25) is 4.79 Å². The van der Waals surface area contributed by atoms with Crippen LogP contribution in [-0.4, -0.2) is 26.0 Å². The highest BCUT2D eigenvalue weighted by Gasteiger charge is 2.42. The summed E-state index contributed by atoms with van der Waals surface area (Å²) < 4.78 is 16.2. The minimum Gasteiger partial charge on any atom is -0.497 e. The maximum absolute atomic E-state index is 13.3. The Labute approximate surface area is 200 Å². The summed E-state index contributed by atoms with van der Waals surface area (Å²) in [5, 5.41) is 3.33. The van der Waals surface area contributed by atoms with E-state index in [2.05, 4.69) is 19.2 Å². The average molecular weight is 462 g/mol. The Kier molecular flexibility index (Phi) is 6.51. The number of carbonyl (C=O) groups is 2. The van der Waals surface area contributed by atoms with Gasteiger partial charge in [0.2, 0.25) is 0 Å². The van der Waals surface area contributed by atoms with Crippen LogP contribution < -0.4 is 14.8 Å². The first kappa shape index (κ1) is 23.6. The number of dihydropyridines is 1. The van der Waals surface area contributed by atoms with Crippen LogP contribution in [0.15, 0.2) is 71.1 Å². The number of nitrogens with one attached hydrogen (secondary N) is 1. The standard InChI is InChI=1S/C28H31NO5/c1-17-24(27(31)33-5)25(26-22(29-17)14-28(2,3)15-23(26)30)19-8-12-21(13-9-19)34-16-18-6-10-20(32-4)11-7-18/h6-13,25,29H,14-16H2,1-5H3/t25-/m0/s1. The Bertz CT molecular complexity index is 1160. The first-order valence-electron chi connectivity index (χ1n) is 11.4. The molecule has 0 amide bonds. The normalized spacial score (nSPS) is 19.3. The zero-order valence-corrected chi connectivity index (χ0v) is 20.4. The Morgan fingerprint density at radius 2 is 1.65 bits per heavy atom. The number of allylic oxidation sites excluding steroid dienone is 3. The quantitative estimate of drug-likeness (QED) is 0.607. The summed E-state index contributed by atoms with van der Waals surface area (Å²) in [6.45, 7) is 6.47. The molecule has 34 heavy (non-hydrogen) atoms. The number of hydrogen-bond acceptors (Lipinski definition) is 6. The third kappa shape index (κ3) is 4.72. The molecule has 0 aromatic heterocycles. The lowest BCUT2D eigenvalue weighted by Gasteiger charge is -2.39. The molecule has 6 nitrogen and oxygen atoms in total. The van der Waals surface area contributed by atoms with Gasteiger partial charge < -0.3 is 19.5 Å². The molecular formula is C28H31NO5. The third-order valence-electron chi connectivity index (χ3n) is 6.42. The van der Waals surface area contributed by atoms with Gasteiger partial charge >= 0.3 is 5.97 Å². The molecule has 0 fully saturated rings. The monoisotopic (exact) mass is 461 g/mol. The van der Waals surface area contributed by atoms with Crippen LogP contribution in [0.5, 0.6) is 11.5 Å². The van der Waals surface area contributed by atoms with E-state index in [1.165, 1.54) is 7.11 Å². The first-order valence-corrected chi connectivity index (χ1v) is 11.4. The fourth-order valence-corrected chi connectivity index (χ4v) is 4.79. The molecule has 0 bridgehead atoms. The fraction of sp³-hybridized carbons (Fsp3) is 0.357. The molecule has 0 unspecified atom stereocenters. The predicted octanol–water partition coefficient (Wildman–Crippen LogP) is 5.05. The number of carbonyl (C=O) groups excluding carboxylic acids is 2. The minimum absolute atomic E-state index is 0.0671. The minimum atomic E-state index is -0.470. The maximum atomic E-state index is 13.3. The van der Waals surface area contributed by atoms with Crippen molar-refractivity contribution in [1.82, 2.24) is 5.32 Å². The topological polar surface area (TPSA) is 73.9 Å². The van der Waals surface area contributed by atoms with Crippen molar-refractivity contribution < 1.29 is 23.8 Å². The lowest BCUT2D eigenvalue weighted by atomic mass is 9.68. The summed E-state index contributed by atoms with van der Waals surface area (Å²) in [5.74, 6) is 0.674. The van der Waals surface area contributed by atoms with Crippen molar-refractivity contribution in [3.05, 3.63) is 82.2 Å². The number of ether oxygens (including phenoxy) is 3. The van der Waals surface area contributed by atoms with Gasteiger partial charge in [-0.05, 0) is 54.2 Å². The molecule has 6 heteroatoms. The summed E-state index contributed by atoms with van der Waals surface area (Å²) in [5.41, 5.74) is 4.52. The van der Waals surface area contributed by atoms with E-state index in [1.807, 2.05) is 55.5 Å². The van der Waals surface area contributed by atoms with Crippen LogP contribution in [0.1, 0.15) is 50.7 Å². The molecule has 2 aromatic carbocycles. The molecule has 1 aliphatic heterocycles. The molecule has 2 aliphatic rings. The number of ketones is 1. The van der Waals surface area contributed by atoms with Gasteiger partial charge in [0, 0.05) is 29.3 Å². The molecule has 4 rings (SSSR count). The van der Waals surface area contributed by atoms with Crippen molar-refractivity contribution in [3.63, 3.8) is 0 Å². The van der Waals surface area contributed by atoms with Crippen LogP contribution in [0.4, 0.5) is 0 Å². The van der Waals surface area contributed by atoms with Crippen molar-refractivity contribution in [2.75, 3.05) is 14.2 Å². The van der Waals surface area contributed by atoms with E-state index in [4.69, 9.17) is 14.2 Å². The largest absolute Gasteiger partial charge is 0.497 e. The van der Waals surface area contributed by atoms with E-state index < -0.39 is 11.9 Å². The van der Waals surface area contributed by atoms with Gasteiger partial charge in [-0.1, -0.05) is 38.1 Å². The summed E-state index contributed by atoms with van der Waals surface area (Å²) in [4.78, 5) is 26.0. The molecule has 2 aromatic rings. The molecular weight excluding hydrogens is 430 g/mol. The molecule has 1 atom stereocenters. The van der Waals surface area contributed by atoms with E-state index in [-0.39, 0.29) is 11.2 Å². The molecule has 0 spiro atoms. The highest BCUT2D eigenvalue weighted by Crippen LogP contribution is 2.46. The number of rotatable bonds is 6. The molecule has 0 saturated carbocycles. The van der Waals surface area contributed by atoms with Gasteiger partial charge in [0.1, 0.15) is 18.1 Å². The Balaban J connectivity index is 1.62. The van der Waals surface area contributed by atoms with Crippen LogP contribution in [-0.2, 0) is 20.9 Å². The summed E-state index contributed by atoms with van der Waals surface area (Å²) >= 11 is 0. The molecule has 0 saturated heterocycles. The highest BCUT2D eigenvalue weighted by atomic mass is 16.5. The first-order chi connectivity index (χ1) is 16.2. The van der Waals surface area contributed by atoms with Gasteiger partial charge in [0.25, 0.3) is 0 Å². The third-order valence-corrected chi connectivity index (χ3v) is 6.42. The van der Waals surface area contributed by atoms with Gasteiger partial charge in [-0.15, -0.1) is 0 Å². The average Bonchev–Trinajstić information content (AvgIpc) is 2.81. The van der Waals surface area contributed by atoms with Gasteiger partial charge in [-0.2, -0.15) is 0 Å². The van der Waals surface area contributed by atoms with Crippen molar-refractivity contribution in [2.45, 2.75) is 46.1 Å². The van der Waals surface area contributed by atoms with Crippen LogP contribution in [0.3, 0.4) is 0 Å². The van der Waals surface area contributed by atoms with Gasteiger partial charge in [0.15, 0.2) is 5.78 Å².